The van der Waals surface area contributed by atoms with Crippen molar-refractivity contribution in [1.82, 2.24) is 5.32 Å². The second-order valence-electron chi connectivity index (χ2n) is 25.8. The topological polar surface area (TPSA) is 158 Å². The van der Waals surface area contributed by atoms with Crippen LogP contribution in [0.5, 0.6) is 0 Å². The smallest absolute Gasteiger partial charge is 0.159 e. The van der Waals surface area contributed by atoms with E-state index in [0.29, 0.717) is 63.4 Å². The fourth-order valence-electron chi connectivity index (χ4n) is 19.4. The van der Waals surface area contributed by atoms with Crippen LogP contribution in [0.15, 0.2) is 71.6 Å². The van der Waals surface area contributed by atoms with Gasteiger partial charge in [0.05, 0.1) is 29.7 Å². The SMILES string of the molecule is C[C@@H]1CCO[C@]([C@H]2CC[C@@]3(O)C4=CC(=O)[C@@H]5C[C@@H](O)C[C@]67[C@@H]8C#CCc9ccccc9CC[C@H](C[C@]23C)[C@@H]4[C@]56CC=C[C@H]7CC82CCCC2)([C@H]2O[C@@H]2[C@](C)(O)[C@](C)(CO)CCC2=CCNC(N)=C2)C1. The zero-order valence-electron chi connectivity index (χ0n) is 41.9. The predicted octanol–water partition coefficient (Wildman–Crippen LogP) is 8.18. The number of aliphatic hydroxyl groups is 4. The van der Waals surface area contributed by atoms with Crippen molar-refractivity contribution in [2.24, 2.45) is 74.2 Å². The molecular weight excluding hydrogens is 861 g/mol. The maximum atomic E-state index is 15.6. The molecule has 7 fully saturated rings. The van der Waals surface area contributed by atoms with Crippen molar-refractivity contribution < 1.29 is 34.7 Å². The summed E-state index contributed by atoms with van der Waals surface area (Å²) >= 11 is 0. The lowest BCUT2D eigenvalue weighted by molar-refractivity contribution is -0.224. The van der Waals surface area contributed by atoms with Crippen molar-refractivity contribution in [3.8, 4) is 11.8 Å². The number of aliphatic hydroxyl groups excluding tert-OH is 2. The normalized spacial score (nSPS) is 46.3. The van der Waals surface area contributed by atoms with E-state index in [1.165, 1.54) is 24.0 Å². The molecule has 0 unspecified atom stereocenters. The summed E-state index contributed by atoms with van der Waals surface area (Å²) in [4.78, 5) is 15.6. The van der Waals surface area contributed by atoms with E-state index < -0.39 is 56.8 Å². The van der Waals surface area contributed by atoms with Gasteiger partial charge in [0.2, 0.25) is 0 Å². The molecule has 8 aliphatic carbocycles. The molecule has 0 bridgehead atoms. The summed E-state index contributed by atoms with van der Waals surface area (Å²) in [5.74, 6) is 8.95. The third-order valence-corrected chi connectivity index (χ3v) is 22.8. The molecule has 5 saturated carbocycles. The summed E-state index contributed by atoms with van der Waals surface area (Å²) in [6.45, 7) is 9.50. The third kappa shape index (κ3) is 6.39. The van der Waals surface area contributed by atoms with Gasteiger partial charge in [-0.05, 0) is 178 Å². The van der Waals surface area contributed by atoms with Crippen LogP contribution in [0.25, 0.3) is 0 Å². The highest BCUT2D eigenvalue weighted by Crippen LogP contribution is 2.82. The fourth-order valence-corrected chi connectivity index (χ4v) is 19.4. The molecule has 0 amide bonds. The van der Waals surface area contributed by atoms with Crippen LogP contribution in [0.4, 0.5) is 0 Å². The zero-order valence-corrected chi connectivity index (χ0v) is 41.9. The number of hydrogen-bond acceptors (Lipinski definition) is 9. The lowest BCUT2D eigenvalue weighted by Gasteiger charge is -2.71. The number of carbonyl (C=O) groups excluding carboxylic acids is 1. The highest BCUT2D eigenvalue weighted by atomic mass is 16.6. The number of epoxide rings is 1. The Kier molecular flexibility index (Phi) is 10.9. The molecule has 0 radical (unpaired) electrons. The molecule has 69 heavy (non-hydrogen) atoms. The van der Waals surface area contributed by atoms with Gasteiger partial charge in [-0.1, -0.05) is 87.9 Å². The number of hydrogen-bond donors (Lipinski definition) is 6. The predicted molar refractivity (Wildman–Crippen MR) is 266 cm³/mol. The van der Waals surface area contributed by atoms with E-state index in [1.807, 2.05) is 26.0 Å². The summed E-state index contributed by atoms with van der Waals surface area (Å²) in [6.07, 6.45) is 24.5. The molecule has 9 nitrogen and oxygen atoms in total. The molecule has 1 aromatic rings. The molecule has 3 heterocycles. The number of ether oxygens (including phenoxy) is 2. The Labute approximate surface area is 411 Å². The highest BCUT2D eigenvalue weighted by molar-refractivity contribution is 5.95. The maximum Gasteiger partial charge on any atom is 0.159 e. The van der Waals surface area contributed by atoms with Gasteiger partial charge in [0.25, 0.3) is 0 Å². The molecule has 2 saturated heterocycles. The van der Waals surface area contributed by atoms with Gasteiger partial charge in [0.1, 0.15) is 17.8 Å². The van der Waals surface area contributed by atoms with Gasteiger partial charge in [0, 0.05) is 47.7 Å². The van der Waals surface area contributed by atoms with Crippen LogP contribution in [0, 0.1) is 80.3 Å². The van der Waals surface area contributed by atoms with Crippen LogP contribution in [-0.4, -0.2) is 81.1 Å². The largest absolute Gasteiger partial charge is 0.396 e. The number of dihydropyridines is 1. The molecule has 7 N–H and O–H groups in total. The monoisotopic (exact) mass is 941 g/mol. The van der Waals surface area contributed by atoms with E-state index in [2.05, 4.69) is 73.5 Å². The van der Waals surface area contributed by atoms with Crippen molar-refractivity contribution >= 4 is 5.78 Å². The number of rotatable bonds is 8. The lowest BCUT2D eigenvalue weighted by atomic mass is 9.32. The van der Waals surface area contributed by atoms with E-state index >= 15 is 4.79 Å². The fraction of sp³-hybridized carbons (Fsp3) is 0.717. The van der Waals surface area contributed by atoms with E-state index in [9.17, 15) is 20.4 Å². The van der Waals surface area contributed by atoms with Crippen LogP contribution in [0.1, 0.15) is 142 Å². The number of nitrogens with two attached hydrogens (primary N) is 1. The first-order valence-corrected chi connectivity index (χ1v) is 27.4. The summed E-state index contributed by atoms with van der Waals surface area (Å²) < 4.78 is 14.2. The highest BCUT2D eigenvalue weighted by Gasteiger charge is 2.81. The summed E-state index contributed by atoms with van der Waals surface area (Å²) in [5.41, 5.74) is 4.99. The number of fused-ring (bicyclic) bond motifs is 4. The second kappa shape index (κ2) is 16.1. The van der Waals surface area contributed by atoms with Gasteiger partial charge in [-0.3, -0.25) is 4.79 Å². The standard InChI is InChI=1S/C60H80N2O7/c1-37-21-28-68-59(32-37,52-51(69-52)55(4,66)53(2,36-63)25-18-38-20-27-62-49(61)29-38)47-19-26-60(67)45-31-46(65)44-30-43(64)35-58-42-14-10-24-57(44,58)50(45)41(33-54(47,60)3)17-16-40-12-6-5-11-39(40)13-9-15-48(58)56(34-42)22-7-8-23-56/h5-6,10-12,14,20,29,31,37,41-44,47-48,50-52,62-64,66-67H,7-8,13,16-19,21-28,30,32-36,61H2,1-4H3/t37-,41-,42+,43-,44+,47+,48-,50+,51+,52+,53+,54-,55+,57+,58+,59-,60-/m1/s1. The van der Waals surface area contributed by atoms with Crippen LogP contribution >= 0.6 is 0 Å². The van der Waals surface area contributed by atoms with Gasteiger partial charge < -0.3 is 41.0 Å². The average molecular weight is 941 g/mol. The number of allylic oxidation sites excluding steroid dienone is 5. The average Bonchev–Trinajstić information content (AvgIpc) is 3.85. The van der Waals surface area contributed by atoms with Crippen LogP contribution in [0.2, 0.25) is 0 Å². The number of nitrogens with one attached hydrogen (secondary N) is 1. The maximum absolute atomic E-state index is 15.6. The van der Waals surface area contributed by atoms with Gasteiger partial charge in [0.15, 0.2) is 5.78 Å². The molecule has 372 valence electrons. The molecule has 12 rings (SSSR count). The quantitative estimate of drug-likeness (QED) is 0.0860. The number of benzene rings is 1. The van der Waals surface area contributed by atoms with Crippen LogP contribution < -0.4 is 11.1 Å². The molecule has 3 aliphatic heterocycles. The first-order chi connectivity index (χ1) is 33.0. The summed E-state index contributed by atoms with van der Waals surface area (Å²) in [7, 11) is 0. The molecule has 0 aromatic heterocycles. The van der Waals surface area contributed by atoms with E-state index in [4.69, 9.17) is 15.2 Å². The molecule has 17 atom stereocenters. The number of aryl methyl sites for hydroxylation is 1. The molecule has 11 aliphatic rings. The number of carbonyl (C=O) groups is 1. The van der Waals surface area contributed by atoms with Crippen LogP contribution in [-0.2, 0) is 27.1 Å². The minimum absolute atomic E-state index is 0.0391. The van der Waals surface area contributed by atoms with Crippen LogP contribution in [0.3, 0.4) is 0 Å². The Morgan fingerprint density at radius 2 is 1.80 bits per heavy atom. The van der Waals surface area contributed by atoms with E-state index in [0.717, 1.165) is 75.4 Å². The lowest BCUT2D eigenvalue weighted by Crippen LogP contribution is -2.70. The third-order valence-electron chi connectivity index (χ3n) is 22.8. The Morgan fingerprint density at radius 1 is 1.00 bits per heavy atom. The van der Waals surface area contributed by atoms with E-state index in [1.54, 1.807) is 0 Å². The zero-order chi connectivity index (χ0) is 48.0. The Hall–Kier alpha value is -3.23. The molecule has 3 spiro atoms. The van der Waals surface area contributed by atoms with Crippen molar-refractivity contribution in [3.05, 3.63) is 82.7 Å². The van der Waals surface area contributed by atoms with E-state index in [-0.39, 0.29) is 53.3 Å². The Bertz CT molecular complexity index is 2460. The Morgan fingerprint density at radius 3 is 2.57 bits per heavy atom. The van der Waals surface area contributed by atoms with Crippen molar-refractivity contribution in [2.75, 3.05) is 19.8 Å². The minimum Gasteiger partial charge on any atom is -0.396 e. The Balaban J connectivity index is 0.979. The van der Waals surface area contributed by atoms with Gasteiger partial charge in [-0.15, -0.1) is 0 Å². The first kappa shape index (κ1) is 46.8. The number of ketones is 1. The first-order valence-electron chi connectivity index (χ1n) is 27.4. The summed E-state index contributed by atoms with van der Waals surface area (Å²) in [6, 6.07) is 8.91. The summed E-state index contributed by atoms with van der Waals surface area (Å²) in [5, 5.41) is 53.7. The van der Waals surface area contributed by atoms with Gasteiger partial charge >= 0.3 is 0 Å². The van der Waals surface area contributed by atoms with Crippen molar-refractivity contribution in [1.29, 1.82) is 0 Å². The molecular formula is C60H80N2O7. The second-order valence-corrected chi connectivity index (χ2v) is 25.8. The van der Waals surface area contributed by atoms with Gasteiger partial charge in [-0.25, -0.2) is 0 Å². The van der Waals surface area contributed by atoms with Gasteiger partial charge in [-0.2, -0.15) is 0 Å². The van der Waals surface area contributed by atoms with Crippen molar-refractivity contribution in [3.63, 3.8) is 0 Å². The van der Waals surface area contributed by atoms with Crippen molar-refractivity contribution in [2.45, 2.75) is 178 Å². The molecule has 1 aromatic carbocycles. The minimum atomic E-state index is -1.39. The molecule has 9 heteroatoms.